The van der Waals surface area contributed by atoms with Gasteiger partial charge in [-0.25, -0.2) is 19.2 Å². The monoisotopic (exact) mass is 569 g/mol. The molecule has 13 nitrogen and oxygen atoms in total. The summed E-state index contributed by atoms with van der Waals surface area (Å²) in [4.78, 5) is 36.1. The number of nitrogens with one attached hydrogen (secondary N) is 1. The summed E-state index contributed by atoms with van der Waals surface area (Å²) in [5.74, 6) is -3.95. The first-order valence-electron chi connectivity index (χ1n) is 11.6. The lowest BCUT2D eigenvalue weighted by molar-refractivity contribution is -0.175. The van der Waals surface area contributed by atoms with Gasteiger partial charge in [0.05, 0.1) is 32.5 Å². The van der Waals surface area contributed by atoms with Crippen LogP contribution in [0.4, 0.5) is 0 Å². The van der Waals surface area contributed by atoms with Gasteiger partial charge in [0.1, 0.15) is 11.5 Å². The highest BCUT2D eigenvalue weighted by Crippen LogP contribution is 2.61. The first-order chi connectivity index (χ1) is 17.2. The van der Waals surface area contributed by atoms with E-state index in [2.05, 4.69) is 5.09 Å². The lowest BCUT2D eigenvalue weighted by Gasteiger charge is -2.30. The molecule has 0 amide bonds. The molecule has 0 saturated heterocycles. The number of ether oxygens (including phenoxy) is 3. The fraction of sp³-hybridized carbons (Fsp3) is 0.636. The first-order valence-corrected chi connectivity index (χ1v) is 14.8. The van der Waals surface area contributed by atoms with Crippen LogP contribution in [0.25, 0.3) is 0 Å². The summed E-state index contributed by atoms with van der Waals surface area (Å²) in [7, 11) is -7.87. The molecule has 0 aromatic heterocycles. The van der Waals surface area contributed by atoms with Crippen molar-refractivity contribution in [2.24, 2.45) is 0 Å². The third-order valence-corrected chi connectivity index (χ3v) is 7.95. The summed E-state index contributed by atoms with van der Waals surface area (Å²) < 4.78 is 57.5. The second-order valence-electron chi connectivity index (χ2n) is 8.14. The van der Waals surface area contributed by atoms with E-state index < -0.39 is 57.5 Å². The Bertz CT molecular complexity index is 959. The van der Waals surface area contributed by atoms with Gasteiger partial charge in [-0.05, 0) is 59.2 Å². The third-order valence-electron chi connectivity index (χ3n) is 4.37. The molecule has 15 heteroatoms. The molecular formula is C22H37NO12P2. The zero-order valence-corrected chi connectivity index (χ0v) is 23.8. The number of esters is 2. The van der Waals surface area contributed by atoms with Gasteiger partial charge in [0.15, 0.2) is 6.10 Å². The van der Waals surface area contributed by atoms with E-state index in [1.165, 1.54) is 59.1 Å². The van der Waals surface area contributed by atoms with Crippen molar-refractivity contribution >= 4 is 27.3 Å². The van der Waals surface area contributed by atoms with Crippen LogP contribution < -0.4 is 9.82 Å². The molecule has 0 spiro atoms. The molecule has 0 aliphatic rings. The number of carbonyl (C=O) groups excluding carboxylic acids is 2. The van der Waals surface area contributed by atoms with Gasteiger partial charge in [-0.1, -0.05) is 12.1 Å². The van der Waals surface area contributed by atoms with E-state index in [4.69, 9.17) is 27.8 Å². The fourth-order valence-electron chi connectivity index (χ4n) is 2.90. The maximum Gasteiger partial charge on any atom is 0.406 e. The van der Waals surface area contributed by atoms with Gasteiger partial charge in [0.25, 0.3) is 0 Å². The van der Waals surface area contributed by atoms with Crippen molar-refractivity contribution in [2.75, 3.05) is 20.3 Å². The molecule has 0 aliphatic carbocycles. The number of rotatable bonds is 16. The number of carbonyl (C=O) groups is 2. The lowest BCUT2D eigenvalue weighted by Crippen LogP contribution is -2.44. The van der Waals surface area contributed by atoms with Crippen molar-refractivity contribution < 1.29 is 56.5 Å². The van der Waals surface area contributed by atoms with Gasteiger partial charge < -0.3 is 24.2 Å². The smallest absolute Gasteiger partial charge is 0.406 e. The average Bonchev–Trinajstić information content (AvgIpc) is 2.80. The minimum absolute atomic E-state index is 0.0701. The van der Waals surface area contributed by atoms with Crippen LogP contribution >= 0.6 is 15.3 Å². The first kappa shape index (κ1) is 33.2. The third kappa shape index (κ3) is 10.5. The molecule has 0 saturated carbocycles. The summed E-state index contributed by atoms with van der Waals surface area (Å²) in [6.45, 7) is 8.94. The van der Waals surface area contributed by atoms with Crippen molar-refractivity contribution in [3.8, 4) is 5.75 Å². The molecule has 37 heavy (non-hydrogen) atoms. The van der Waals surface area contributed by atoms with Crippen molar-refractivity contribution in [3.05, 3.63) is 29.8 Å². The molecule has 3 N–H and O–H groups in total. The summed E-state index contributed by atoms with van der Waals surface area (Å²) in [6.07, 6.45) is -5.94. The molecule has 0 bridgehead atoms. The predicted octanol–water partition coefficient (Wildman–Crippen LogP) is 3.30. The summed E-state index contributed by atoms with van der Waals surface area (Å²) in [6, 6.07) is 5.71. The highest BCUT2D eigenvalue weighted by Gasteiger charge is 2.47. The molecule has 0 fully saturated rings. The highest BCUT2D eigenvalue weighted by atomic mass is 31.2. The molecule has 1 aromatic carbocycles. The van der Waals surface area contributed by atoms with E-state index in [0.29, 0.717) is 5.75 Å². The van der Waals surface area contributed by atoms with Crippen molar-refractivity contribution in [3.63, 3.8) is 0 Å². The van der Waals surface area contributed by atoms with E-state index in [1.807, 2.05) is 0 Å². The Morgan fingerprint density at radius 3 is 1.84 bits per heavy atom. The second kappa shape index (κ2) is 14.9. The van der Waals surface area contributed by atoms with Crippen LogP contribution in [0.2, 0.25) is 0 Å². The number of hydrogen-bond acceptors (Lipinski definition) is 11. The average molecular weight is 569 g/mol. The Morgan fingerprint density at radius 2 is 1.41 bits per heavy atom. The molecule has 212 valence electrons. The van der Waals surface area contributed by atoms with E-state index >= 15 is 0 Å². The van der Waals surface area contributed by atoms with Gasteiger partial charge in [-0.15, -0.1) is 0 Å². The fourth-order valence-corrected chi connectivity index (χ4v) is 6.46. The SMILES string of the molecule is CCOP(=O)(N[C@H](c1ccc(OC)cc1)P(=O)(O)O[C@@H](C(=O)OC(C)C)[C@@H](O)C(=O)OC(C)C)OCC. The molecule has 1 unspecified atom stereocenters. The predicted molar refractivity (Wildman–Crippen MR) is 133 cm³/mol. The summed E-state index contributed by atoms with van der Waals surface area (Å²) >= 11 is 0. The largest absolute Gasteiger partial charge is 0.497 e. The zero-order chi connectivity index (χ0) is 28.4. The van der Waals surface area contributed by atoms with E-state index in [1.54, 1.807) is 13.8 Å². The Morgan fingerprint density at radius 1 is 0.919 bits per heavy atom. The van der Waals surface area contributed by atoms with Crippen LogP contribution in [0.1, 0.15) is 52.9 Å². The topological polar surface area (TPSA) is 176 Å². The van der Waals surface area contributed by atoms with Crippen LogP contribution in [0, 0.1) is 0 Å². The zero-order valence-electron chi connectivity index (χ0n) is 22.0. The number of benzene rings is 1. The molecule has 4 atom stereocenters. The van der Waals surface area contributed by atoms with Gasteiger partial charge >= 0.3 is 27.3 Å². The van der Waals surface area contributed by atoms with Gasteiger partial charge in [0, 0.05) is 0 Å². The Balaban J connectivity index is 3.53. The van der Waals surface area contributed by atoms with Crippen LogP contribution in [-0.2, 0) is 41.8 Å². The Labute approximate surface area is 216 Å². The maximum atomic E-state index is 13.6. The maximum absolute atomic E-state index is 13.6. The van der Waals surface area contributed by atoms with Crippen LogP contribution in [-0.4, -0.2) is 66.7 Å². The van der Waals surface area contributed by atoms with Gasteiger partial charge in [-0.3, -0.25) is 18.1 Å². The summed E-state index contributed by atoms with van der Waals surface area (Å²) in [5, 5.41) is 12.9. The molecule has 0 radical (unpaired) electrons. The normalized spacial score (nSPS) is 16.1. The molecule has 1 rings (SSSR count). The molecule has 0 aliphatic heterocycles. The van der Waals surface area contributed by atoms with Gasteiger partial charge in [0.2, 0.25) is 6.10 Å². The van der Waals surface area contributed by atoms with E-state index in [0.717, 1.165) is 0 Å². The van der Waals surface area contributed by atoms with Crippen LogP contribution in [0.15, 0.2) is 24.3 Å². The van der Waals surface area contributed by atoms with E-state index in [9.17, 15) is 28.7 Å². The summed E-state index contributed by atoms with van der Waals surface area (Å²) in [5.41, 5.74) is 0.0708. The minimum atomic E-state index is -5.13. The Kier molecular flexibility index (Phi) is 13.4. The van der Waals surface area contributed by atoms with Gasteiger partial charge in [-0.2, -0.15) is 0 Å². The molecule has 0 heterocycles. The lowest BCUT2D eigenvalue weighted by atomic mass is 10.2. The quantitative estimate of drug-likeness (QED) is 0.195. The minimum Gasteiger partial charge on any atom is -0.497 e. The standard InChI is InChI=1S/C22H37NO12P2/c1-8-31-37(29,32-9-2)23-20(16-10-12-17(30-7)13-11-16)36(27,28)35-19(22(26)34-15(5)6)18(24)21(25)33-14(3)4/h10-15,18-20,24H,8-9H2,1-7H3,(H,23,29)(H,27,28)/t18-,19-,20+/m1/s1. The molecular weight excluding hydrogens is 532 g/mol. The van der Waals surface area contributed by atoms with Crippen LogP contribution in [0.5, 0.6) is 5.75 Å². The number of methoxy groups -OCH3 is 1. The van der Waals surface area contributed by atoms with Crippen molar-refractivity contribution in [1.29, 1.82) is 0 Å². The van der Waals surface area contributed by atoms with E-state index in [-0.39, 0.29) is 18.8 Å². The number of aliphatic hydroxyl groups excluding tert-OH is 1. The number of hydrogen-bond donors (Lipinski definition) is 3. The second-order valence-corrected chi connectivity index (χ2v) is 11.8. The van der Waals surface area contributed by atoms with Crippen LogP contribution in [0.3, 0.4) is 0 Å². The highest BCUT2D eigenvalue weighted by molar-refractivity contribution is 7.56. The number of aliphatic hydroxyl groups is 1. The van der Waals surface area contributed by atoms with Crippen molar-refractivity contribution in [1.82, 2.24) is 5.09 Å². The molecule has 1 aromatic rings. The van der Waals surface area contributed by atoms with Crippen molar-refractivity contribution in [2.45, 2.75) is 71.7 Å². The Hall–Kier alpha value is -1.82.